The number of ether oxygens (including phenoxy) is 1. The molecule has 0 saturated heterocycles. The van der Waals surface area contributed by atoms with Crippen LogP contribution >= 0.6 is 11.6 Å². The molecule has 15 heavy (non-hydrogen) atoms. The average Bonchev–Trinajstić information content (AvgIpc) is 2.60. The first-order valence-corrected chi connectivity index (χ1v) is 4.95. The molecule has 0 atom stereocenters. The number of aryl methyl sites for hydroxylation is 1. The van der Waals surface area contributed by atoms with Gasteiger partial charge in [0, 0.05) is 0 Å². The minimum atomic E-state index is 0.492. The summed E-state index contributed by atoms with van der Waals surface area (Å²) in [6.45, 7) is 2.01. The third kappa shape index (κ3) is 1.70. The van der Waals surface area contributed by atoms with Gasteiger partial charge in [0.25, 0.3) is 0 Å². The molecule has 0 saturated carbocycles. The minimum absolute atomic E-state index is 0.492. The van der Waals surface area contributed by atoms with Gasteiger partial charge in [0.15, 0.2) is 10.9 Å². The molecular formula is C11H11ClN2O. The molecule has 1 heterocycles. The molecule has 2 rings (SSSR count). The summed E-state index contributed by atoms with van der Waals surface area (Å²) in [7, 11) is 1.57. The summed E-state index contributed by atoms with van der Waals surface area (Å²) in [5.41, 5.74) is 2.08. The van der Waals surface area contributed by atoms with Gasteiger partial charge in [-0.1, -0.05) is 29.8 Å². The number of hydrogen-bond acceptors (Lipinski definition) is 2. The Balaban J connectivity index is 2.55. The van der Waals surface area contributed by atoms with Gasteiger partial charge >= 0.3 is 0 Å². The predicted molar refractivity (Wildman–Crippen MR) is 59.9 cm³/mol. The molecule has 0 fully saturated rings. The van der Waals surface area contributed by atoms with Gasteiger partial charge in [-0.25, -0.2) is 4.68 Å². The summed E-state index contributed by atoms with van der Waals surface area (Å²) in [4.78, 5) is 0. The molecule has 3 nitrogen and oxygen atoms in total. The third-order valence-electron chi connectivity index (χ3n) is 2.24. The van der Waals surface area contributed by atoms with Crippen molar-refractivity contribution >= 4 is 11.6 Å². The Morgan fingerprint density at radius 1 is 1.33 bits per heavy atom. The Morgan fingerprint density at radius 3 is 2.67 bits per heavy atom. The quantitative estimate of drug-likeness (QED) is 0.781. The Kier molecular flexibility index (Phi) is 2.64. The molecular weight excluding hydrogens is 212 g/mol. The molecule has 0 N–H and O–H groups in total. The summed E-state index contributed by atoms with van der Waals surface area (Å²) in [5.74, 6) is 0.583. The first kappa shape index (κ1) is 10.1. The highest BCUT2D eigenvalue weighted by Crippen LogP contribution is 2.27. The molecule has 1 aromatic carbocycles. The second kappa shape index (κ2) is 3.95. The second-order valence-electron chi connectivity index (χ2n) is 3.20. The number of methoxy groups -OCH3 is 1. The van der Waals surface area contributed by atoms with Gasteiger partial charge in [-0.2, -0.15) is 5.10 Å². The molecule has 4 heteroatoms. The molecule has 0 aliphatic heterocycles. The average molecular weight is 223 g/mol. The maximum atomic E-state index is 6.11. The van der Waals surface area contributed by atoms with Crippen LogP contribution in [0.4, 0.5) is 0 Å². The van der Waals surface area contributed by atoms with E-state index in [9.17, 15) is 0 Å². The number of para-hydroxylation sites is 1. The SMILES string of the molecule is COc1cnn(-c2ccccc2C)c1Cl. The number of benzene rings is 1. The van der Waals surface area contributed by atoms with Gasteiger partial charge in [0.1, 0.15) is 0 Å². The fourth-order valence-corrected chi connectivity index (χ4v) is 1.69. The van der Waals surface area contributed by atoms with Crippen molar-refractivity contribution in [2.45, 2.75) is 6.92 Å². The van der Waals surface area contributed by atoms with Gasteiger partial charge in [0.05, 0.1) is 19.0 Å². The van der Waals surface area contributed by atoms with E-state index >= 15 is 0 Å². The van der Waals surface area contributed by atoms with Crippen LogP contribution in [-0.2, 0) is 0 Å². The van der Waals surface area contributed by atoms with Crippen molar-refractivity contribution in [3.63, 3.8) is 0 Å². The zero-order chi connectivity index (χ0) is 10.8. The van der Waals surface area contributed by atoms with Crippen LogP contribution in [0.2, 0.25) is 5.15 Å². The molecule has 0 aliphatic carbocycles. The van der Waals surface area contributed by atoms with E-state index in [1.165, 1.54) is 0 Å². The highest BCUT2D eigenvalue weighted by atomic mass is 35.5. The number of halogens is 1. The van der Waals surface area contributed by atoms with Crippen molar-refractivity contribution in [3.8, 4) is 11.4 Å². The van der Waals surface area contributed by atoms with Crippen molar-refractivity contribution < 1.29 is 4.74 Å². The molecule has 0 bridgehead atoms. The van der Waals surface area contributed by atoms with Crippen LogP contribution in [0.15, 0.2) is 30.5 Å². The van der Waals surface area contributed by atoms with Crippen LogP contribution < -0.4 is 4.74 Å². The lowest BCUT2D eigenvalue weighted by atomic mass is 10.2. The second-order valence-corrected chi connectivity index (χ2v) is 3.56. The smallest absolute Gasteiger partial charge is 0.176 e. The molecule has 0 radical (unpaired) electrons. The summed E-state index contributed by atoms with van der Waals surface area (Å²) in [6.07, 6.45) is 1.61. The van der Waals surface area contributed by atoms with Crippen LogP contribution in [0, 0.1) is 6.92 Å². The maximum absolute atomic E-state index is 6.11. The standard InChI is InChI=1S/C11H11ClN2O/c1-8-5-3-4-6-9(8)14-11(12)10(15-2)7-13-14/h3-7H,1-2H3. The molecule has 78 valence electrons. The van der Waals surface area contributed by atoms with E-state index in [4.69, 9.17) is 16.3 Å². The number of aromatic nitrogens is 2. The van der Waals surface area contributed by atoms with Crippen LogP contribution in [0.25, 0.3) is 5.69 Å². The lowest BCUT2D eigenvalue weighted by molar-refractivity contribution is 0.415. The molecule has 0 aliphatic rings. The lowest BCUT2D eigenvalue weighted by Crippen LogP contribution is -1.98. The molecule has 0 spiro atoms. The summed E-state index contributed by atoms with van der Waals surface area (Å²) in [5, 5.41) is 4.67. The zero-order valence-electron chi connectivity index (χ0n) is 8.57. The first-order valence-electron chi connectivity index (χ1n) is 4.57. The van der Waals surface area contributed by atoms with Gasteiger partial charge in [0.2, 0.25) is 0 Å². The highest BCUT2D eigenvalue weighted by Gasteiger charge is 2.11. The maximum Gasteiger partial charge on any atom is 0.176 e. The highest BCUT2D eigenvalue weighted by molar-refractivity contribution is 6.31. The minimum Gasteiger partial charge on any atom is -0.492 e. The van der Waals surface area contributed by atoms with Gasteiger partial charge < -0.3 is 4.74 Å². The zero-order valence-corrected chi connectivity index (χ0v) is 9.32. The topological polar surface area (TPSA) is 27.1 Å². The van der Waals surface area contributed by atoms with Crippen molar-refractivity contribution in [2.24, 2.45) is 0 Å². The Labute approximate surface area is 93.2 Å². The fourth-order valence-electron chi connectivity index (χ4n) is 1.42. The van der Waals surface area contributed by atoms with Crippen molar-refractivity contribution in [1.82, 2.24) is 9.78 Å². The summed E-state index contributed by atoms with van der Waals surface area (Å²) in [6, 6.07) is 7.91. The van der Waals surface area contributed by atoms with E-state index in [0.717, 1.165) is 11.3 Å². The Bertz CT molecular complexity index is 479. The molecule has 1 aromatic heterocycles. The Hall–Kier alpha value is -1.48. The van der Waals surface area contributed by atoms with E-state index in [1.807, 2.05) is 31.2 Å². The van der Waals surface area contributed by atoms with Gasteiger partial charge in [-0.3, -0.25) is 0 Å². The number of hydrogen-bond donors (Lipinski definition) is 0. The Morgan fingerprint density at radius 2 is 2.07 bits per heavy atom. The molecule has 0 unspecified atom stereocenters. The van der Waals surface area contributed by atoms with E-state index in [-0.39, 0.29) is 0 Å². The van der Waals surface area contributed by atoms with E-state index < -0.39 is 0 Å². The van der Waals surface area contributed by atoms with Crippen LogP contribution in [0.3, 0.4) is 0 Å². The van der Waals surface area contributed by atoms with Crippen molar-refractivity contribution in [3.05, 3.63) is 41.2 Å². The predicted octanol–water partition coefficient (Wildman–Crippen LogP) is 2.84. The van der Waals surface area contributed by atoms with Crippen molar-refractivity contribution in [1.29, 1.82) is 0 Å². The van der Waals surface area contributed by atoms with E-state index in [2.05, 4.69) is 5.10 Å². The monoisotopic (exact) mass is 222 g/mol. The number of nitrogens with zero attached hydrogens (tertiary/aromatic N) is 2. The van der Waals surface area contributed by atoms with Crippen LogP contribution in [-0.4, -0.2) is 16.9 Å². The first-order chi connectivity index (χ1) is 7.24. The van der Waals surface area contributed by atoms with E-state index in [1.54, 1.807) is 18.0 Å². The lowest BCUT2D eigenvalue weighted by Gasteiger charge is -2.06. The normalized spacial score (nSPS) is 10.3. The van der Waals surface area contributed by atoms with Gasteiger partial charge in [-0.05, 0) is 18.6 Å². The molecule has 2 aromatic rings. The summed E-state index contributed by atoms with van der Waals surface area (Å²) >= 11 is 6.11. The summed E-state index contributed by atoms with van der Waals surface area (Å²) < 4.78 is 6.73. The van der Waals surface area contributed by atoms with Crippen molar-refractivity contribution in [2.75, 3.05) is 7.11 Å². The van der Waals surface area contributed by atoms with Crippen LogP contribution in [0.5, 0.6) is 5.75 Å². The van der Waals surface area contributed by atoms with Crippen LogP contribution in [0.1, 0.15) is 5.56 Å². The fraction of sp³-hybridized carbons (Fsp3) is 0.182. The number of rotatable bonds is 2. The largest absolute Gasteiger partial charge is 0.492 e. The molecule has 0 amide bonds. The van der Waals surface area contributed by atoms with Gasteiger partial charge in [-0.15, -0.1) is 0 Å². The third-order valence-corrected chi connectivity index (χ3v) is 2.59. The van der Waals surface area contributed by atoms with E-state index in [0.29, 0.717) is 10.9 Å².